The first-order valence-electron chi connectivity index (χ1n) is 5.28. The van der Waals surface area contributed by atoms with Crippen LogP contribution in [0.25, 0.3) is 0 Å². The van der Waals surface area contributed by atoms with E-state index in [9.17, 15) is 9.90 Å². The molecule has 0 aliphatic carbocycles. The number of rotatable bonds is 2. The molecule has 1 N–H and O–H groups in total. The van der Waals surface area contributed by atoms with Crippen LogP contribution in [-0.2, 0) is 0 Å². The fourth-order valence-corrected chi connectivity index (χ4v) is 2.22. The van der Waals surface area contributed by atoms with Gasteiger partial charge >= 0.3 is 0 Å². The predicted molar refractivity (Wildman–Crippen MR) is 72.7 cm³/mol. The Labute approximate surface area is 115 Å². The molecule has 2 rings (SSSR count). The summed E-state index contributed by atoms with van der Waals surface area (Å²) in [6, 6.07) is 9.35. The van der Waals surface area contributed by atoms with Gasteiger partial charge in [0.05, 0.1) is 5.02 Å². The molecule has 0 bridgehead atoms. The summed E-state index contributed by atoms with van der Waals surface area (Å²) in [5, 5.41) is 10.1. The highest BCUT2D eigenvalue weighted by Crippen LogP contribution is 2.25. The molecule has 0 saturated heterocycles. The SMILES string of the molecule is Cc1cc(O)ccc1C(=O)c1ccc(Cl)cc1Cl. The number of hydrogen-bond donors (Lipinski definition) is 1. The molecule has 18 heavy (non-hydrogen) atoms. The number of phenolic OH excluding ortho intramolecular Hbond substituents is 1. The number of phenols is 1. The van der Waals surface area contributed by atoms with Crippen molar-refractivity contribution in [1.82, 2.24) is 0 Å². The lowest BCUT2D eigenvalue weighted by atomic mass is 9.99. The number of hydrogen-bond acceptors (Lipinski definition) is 2. The van der Waals surface area contributed by atoms with Gasteiger partial charge in [-0.3, -0.25) is 4.79 Å². The van der Waals surface area contributed by atoms with Crippen LogP contribution in [0, 0.1) is 6.92 Å². The average molecular weight is 281 g/mol. The van der Waals surface area contributed by atoms with Crippen LogP contribution in [0.3, 0.4) is 0 Å². The number of benzene rings is 2. The van der Waals surface area contributed by atoms with E-state index in [1.165, 1.54) is 18.2 Å². The summed E-state index contributed by atoms with van der Waals surface area (Å²) in [5.41, 5.74) is 1.61. The Morgan fingerprint density at radius 1 is 1.06 bits per heavy atom. The molecule has 2 nitrogen and oxygen atoms in total. The fourth-order valence-electron chi connectivity index (χ4n) is 1.72. The van der Waals surface area contributed by atoms with Crippen molar-refractivity contribution in [2.45, 2.75) is 6.92 Å². The van der Waals surface area contributed by atoms with Gasteiger partial charge in [-0.1, -0.05) is 23.2 Å². The number of aromatic hydroxyl groups is 1. The highest BCUT2D eigenvalue weighted by Gasteiger charge is 2.15. The van der Waals surface area contributed by atoms with E-state index in [0.29, 0.717) is 26.7 Å². The minimum absolute atomic E-state index is 0.131. The number of carbonyl (C=O) groups excluding carboxylic acids is 1. The molecular formula is C14H10Cl2O2. The molecule has 92 valence electrons. The minimum Gasteiger partial charge on any atom is -0.508 e. The Bertz CT molecular complexity index is 568. The monoisotopic (exact) mass is 280 g/mol. The standard InChI is InChI=1S/C14H10Cl2O2/c1-8-6-10(17)3-5-11(8)14(18)12-4-2-9(15)7-13(12)16/h2-7,17H,1H3. The van der Waals surface area contributed by atoms with E-state index >= 15 is 0 Å². The lowest BCUT2D eigenvalue weighted by Crippen LogP contribution is -2.04. The van der Waals surface area contributed by atoms with Crippen LogP contribution in [0.4, 0.5) is 0 Å². The Kier molecular flexibility index (Phi) is 3.60. The van der Waals surface area contributed by atoms with Crippen LogP contribution in [-0.4, -0.2) is 10.9 Å². The van der Waals surface area contributed by atoms with Crippen LogP contribution in [0.1, 0.15) is 21.5 Å². The summed E-state index contributed by atoms with van der Waals surface area (Å²) >= 11 is 11.8. The van der Waals surface area contributed by atoms with Gasteiger partial charge in [-0.15, -0.1) is 0 Å². The molecule has 0 amide bonds. The highest BCUT2D eigenvalue weighted by atomic mass is 35.5. The maximum atomic E-state index is 12.3. The molecule has 2 aromatic carbocycles. The zero-order valence-corrected chi connectivity index (χ0v) is 11.1. The van der Waals surface area contributed by atoms with Crippen LogP contribution in [0.15, 0.2) is 36.4 Å². The highest BCUT2D eigenvalue weighted by molar-refractivity contribution is 6.37. The predicted octanol–water partition coefficient (Wildman–Crippen LogP) is 4.24. The van der Waals surface area contributed by atoms with Crippen molar-refractivity contribution in [2.75, 3.05) is 0 Å². The summed E-state index contributed by atoms with van der Waals surface area (Å²) in [6.45, 7) is 1.76. The van der Waals surface area contributed by atoms with E-state index in [1.54, 1.807) is 25.1 Å². The van der Waals surface area contributed by atoms with Gasteiger partial charge in [0.2, 0.25) is 0 Å². The Hall–Kier alpha value is -1.51. The van der Waals surface area contributed by atoms with Gasteiger partial charge in [0, 0.05) is 16.1 Å². The second-order valence-electron chi connectivity index (χ2n) is 3.95. The number of halogens is 2. The quantitative estimate of drug-likeness (QED) is 0.836. The number of aryl methyl sites for hydroxylation is 1. The van der Waals surface area contributed by atoms with Crippen LogP contribution < -0.4 is 0 Å². The van der Waals surface area contributed by atoms with Crippen molar-refractivity contribution in [3.63, 3.8) is 0 Å². The molecule has 0 unspecified atom stereocenters. The van der Waals surface area contributed by atoms with Crippen molar-refractivity contribution in [3.8, 4) is 5.75 Å². The van der Waals surface area contributed by atoms with Gasteiger partial charge in [-0.25, -0.2) is 0 Å². The van der Waals surface area contributed by atoms with E-state index in [0.717, 1.165) is 0 Å². The van der Waals surface area contributed by atoms with Crippen molar-refractivity contribution >= 4 is 29.0 Å². The zero-order valence-electron chi connectivity index (χ0n) is 9.58. The topological polar surface area (TPSA) is 37.3 Å². The van der Waals surface area contributed by atoms with E-state index in [4.69, 9.17) is 23.2 Å². The zero-order chi connectivity index (χ0) is 13.3. The summed E-state index contributed by atoms with van der Waals surface area (Å²) in [5.74, 6) is -0.0552. The van der Waals surface area contributed by atoms with Gasteiger partial charge in [-0.2, -0.15) is 0 Å². The first kappa shape index (κ1) is 12.9. The second-order valence-corrected chi connectivity index (χ2v) is 4.80. The van der Waals surface area contributed by atoms with E-state index in [-0.39, 0.29) is 11.5 Å². The van der Waals surface area contributed by atoms with E-state index in [1.807, 2.05) is 0 Å². The van der Waals surface area contributed by atoms with Crippen molar-refractivity contribution in [3.05, 3.63) is 63.1 Å². The maximum absolute atomic E-state index is 12.3. The molecule has 0 radical (unpaired) electrons. The second kappa shape index (κ2) is 5.01. The molecule has 0 spiro atoms. The van der Waals surface area contributed by atoms with Crippen molar-refractivity contribution < 1.29 is 9.90 Å². The van der Waals surface area contributed by atoms with Gasteiger partial charge in [0.15, 0.2) is 5.78 Å². The van der Waals surface area contributed by atoms with Crippen molar-refractivity contribution in [1.29, 1.82) is 0 Å². The van der Waals surface area contributed by atoms with E-state index in [2.05, 4.69) is 0 Å². The van der Waals surface area contributed by atoms with Gasteiger partial charge < -0.3 is 5.11 Å². The summed E-state index contributed by atoms with van der Waals surface area (Å²) in [6.07, 6.45) is 0. The summed E-state index contributed by atoms with van der Waals surface area (Å²) in [7, 11) is 0. The molecular weight excluding hydrogens is 271 g/mol. The lowest BCUT2D eigenvalue weighted by Gasteiger charge is -2.07. The van der Waals surface area contributed by atoms with Gasteiger partial charge in [0.25, 0.3) is 0 Å². The first-order valence-corrected chi connectivity index (χ1v) is 6.04. The van der Waals surface area contributed by atoms with Gasteiger partial charge in [-0.05, 0) is 48.9 Å². The maximum Gasteiger partial charge on any atom is 0.194 e. The largest absolute Gasteiger partial charge is 0.508 e. The molecule has 0 heterocycles. The first-order chi connectivity index (χ1) is 8.49. The van der Waals surface area contributed by atoms with Crippen molar-refractivity contribution in [2.24, 2.45) is 0 Å². The molecule has 0 aliphatic heterocycles. The Morgan fingerprint density at radius 2 is 1.72 bits per heavy atom. The molecule has 0 aliphatic rings. The minimum atomic E-state index is -0.186. The lowest BCUT2D eigenvalue weighted by molar-refractivity contribution is 0.103. The average Bonchev–Trinajstić information content (AvgIpc) is 2.28. The normalized spacial score (nSPS) is 10.4. The molecule has 0 aromatic heterocycles. The van der Waals surface area contributed by atoms with Crippen LogP contribution in [0.2, 0.25) is 10.0 Å². The van der Waals surface area contributed by atoms with Crippen LogP contribution in [0.5, 0.6) is 5.75 Å². The Balaban J connectivity index is 2.48. The molecule has 2 aromatic rings. The third kappa shape index (κ3) is 2.50. The number of carbonyl (C=O) groups is 1. The third-order valence-electron chi connectivity index (χ3n) is 2.63. The van der Waals surface area contributed by atoms with Crippen LogP contribution >= 0.6 is 23.2 Å². The molecule has 0 saturated carbocycles. The third-order valence-corrected chi connectivity index (χ3v) is 3.18. The van der Waals surface area contributed by atoms with Gasteiger partial charge in [0.1, 0.15) is 5.75 Å². The molecule has 4 heteroatoms. The Morgan fingerprint density at radius 3 is 2.33 bits per heavy atom. The summed E-state index contributed by atoms with van der Waals surface area (Å²) in [4.78, 5) is 12.3. The smallest absolute Gasteiger partial charge is 0.194 e. The van der Waals surface area contributed by atoms with E-state index < -0.39 is 0 Å². The fraction of sp³-hybridized carbons (Fsp3) is 0.0714. The molecule has 0 atom stereocenters. The summed E-state index contributed by atoms with van der Waals surface area (Å²) < 4.78 is 0. The molecule has 0 fully saturated rings. The number of ketones is 1.